The van der Waals surface area contributed by atoms with Gasteiger partial charge in [0.05, 0.1) is 6.61 Å². The summed E-state index contributed by atoms with van der Waals surface area (Å²) in [6.45, 7) is 14.2. The first-order valence-electron chi connectivity index (χ1n) is 7.04. The van der Waals surface area contributed by atoms with Gasteiger partial charge in [-0.25, -0.2) is 0 Å². The molecule has 0 fully saturated rings. The molecule has 0 aromatic heterocycles. The first kappa shape index (κ1) is 16.9. The predicted octanol–water partition coefficient (Wildman–Crippen LogP) is 2.51. The summed E-state index contributed by atoms with van der Waals surface area (Å²) >= 11 is 0. The Hall–Kier alpha value is -0.120. The summed E-state index contributed by atoms with van der Waals surface area (Å²) in [5, 5.41) is 3.49. The fraction of sp³-hybridized carbons (Fsp3) is 1.00. The SMILES string of the molecule is CCNC(C)CC(C)N(CCOC)C(C)CC. The highest BCUT2D eigenvalue weighted by Gasteiger charge is 2.20. The van der Waals surface area contributed by atoms with Gasteiger partial charge >= 0.3 is 0 Å². The molecule has 0 aromatic rings. The van der Waals surface area contributed by atoms with E-state index in [1.165, 1.54) is 12.8 Å². The van der Waals surface area contributed by atoms with Crippen LogP contribution in [0.2, 0.25) is 0 Å². The molecular weight excluding hydrogens is 212 g/mol. The second-order valence-corrected chi connectivity index (χ2v) is 5.03. The lowest BCUT2D eigenvalue weighted by Gasteiger charge is -2.35. The highest BCUT2D eigenvalue weighted by Crippen LogP contribution is 2.13. The van der Waals surface area contributed by atoms with Crippen LogP contribution in [0.4, 0.5) is 0 Å². The molecule has 0 radical (unpaired) electrons. The Morgan fingerprint density at radius 2 is 1.76 bits per heavy atom. The second-order valence-electron chi connectivity index (χ2n) is 5.03. The van der Waals surface area contributed by atoms with Crippen molar-refractivity contribution in [3.05, 3.63) is 0 Å². The molecule has 3 unspecified atom stereocenters. The van der Waals surface area contributed by atoms with Crippen molar-refractivity contribution < 1.29 is 4.74 Å². The van der Waals surface area contributed by atoms with Gasteiger partial charge in [0, 0.05) is 31.8 Å². The van der Waals surface area contributed by atoms with Gasteiger partial charge in [-0.2, -0.15) is 0 Å². The summed E-state index contributed by atoms with van der Waals surface area (Å²) in [7, 11) is 1.78. The molecule has 0 aliphatic carbocycles. The van der Waals surface area contributed by atoms with E-state index in [4.69, 9.17) is 4.74 Å². The lowest BCUT2D eigenvalue weighted by molar-refractivity contribution is 0.0871. The zero-order valence-corrected chi connectivity index (χ0v) is 12.6. The first-order valence-corrected chi connectivity index (χ1v) is 7.04. The van der Waals surface area contributed by atoms with E-state index in [2.05, 4.69) is 44.8 Å². The Balaban J connectivity index is 4.24. The molecule has 0 spiro atoms. The summed E-state index contributed by atoms with van der Waals surface area (Å²) in [5.41, 5.74) is 0. The number of hydrogen-bond acceptors (Lipinski definition) is 3. The maximum Gasteiger partial charge on any atom is 0.0589 e. The number of nitrogens with zero attached hydrogens (tertiary/aromatic N) is 1. The third kappa shape index (κ3) is 7.02. The third-order valence-electron chi connectivity index (χ3n) is 3.52. The molecule has 0 saturated heterocycles. The molecular formula is C14H32N2O. The lowest BCUT2D eigenvalue weighted by Crippen LogP contribution is -2.44. The molecule has 17 heavy (non-hydrogen) atoms. The molecule has 3 nitrogen and oxygen atoms in total. The lowest BCUT2D eigenvalue weighted by atomic mass is 10.1. The van der Waals surface area contributed by atoms with Crippen LogP contribution in [0.3, 0.4) is 0 Å². The van der Waals surface area contributed by atoms with Crippen LogP contribution < -0.4 is 5.32 Å². The minimum absolute atomic E-state index is 0.587. The standard InChI is InChI=1S/C14H32N2O/c1-7-13(4)16(9-10-17-6)14(5)11-12(3)15-8-2/h12-15H,7-11H2,1-6H3. The Morgan fingerprint density at radius 3 is 2.24 bits per heavy atom. The van der Waals surface area contributed by atoms with Gasteiger partial charge in [-0.1, -0.05) is 13.8 Å². The quantitative estimate of drug-likeness (QED) is 0.639. The van der Waals surface area contributed by atoms with Crippen molar-refractivity contribution in [1.82, 2.24) is 10.2 Å². The molecule has 3 atom stereocenters. The largest absolute Gasteiger partial charge is 0.383 e. The van der Waals surface area contributed by atoms with Gasteiger partial charge in [0.1, 0.15) is 0 Å². The summed E-state index contributed by atoms with van der Waals surface area (Å²) in [5.74, 6) is 0. The molecule has 0 aliphatic rings. The van der Waals surface area contributed by atoms with Crippen molar-refractivity contribution in [1.29, 1.82) is 0 Å². The fourth-order valence-corrected chi connectivity index (χ4v) is 2.39. The molecule has 0 aromatic carbocycles. The van der Waals surface area contributed by atoms with E-state index >= 15 is 0 Å². The normalized spacial score (nSPS) is 17.1. The third-order valence-corrected chi connectivity index (χ3v) is 3.52. The second kappa shape index (κ2) is 9.86. The highest BCUT2D eigenvalue weighted by atomic mass is 16.5. The molecule has 0 heterocycles. The van der Waals surface area contributed by atoms with Crippen LogP contribution in [0.1, 0.15) is 47.5 Å². The minimum atomic E-state index is 0.587. The maximum absolute atomic E-state index is 5.21. The zero-order chi connectivity index (χ0) is 13.3. The number of hydrogen-bond donors (Lipinski definition) is 1. The number of methoxy groups -OCH3 is 1. The van der Waals surface area contributed by atoms with Crippen molar-refractivity contribution in [2.45, 2.75) is 65.6 Å². The van der Waals surface area contributed by atoms with Crippen molar-refractivity contribution >= 4 is 0 Å². The smallest absolute Gasteiger partial charge is 0.0589 e. The van der Waals surface area contributed by atoms with Crippen LogP contribution in [0, 0.1) is 0 Å². The Bertz CT molecular complexity index is 176. The topological polar surface area (TPSA) is 24.5 Å². The van der Waals surface area contributed by atoms with Crippen molar-refractivity contribution in [3.8, 4) is 0 Å². The summed E-state index contributed by atoms with van der Waals surface area (Å²) < 4.78 is 5.21. The van der Waals surface area contributed by atoms with E-state index in [0.717, 1.165) is 19.7 Å². The van der Waals surface area contributed by atoms with Crippen molar-refractivity contribution in [2.75, 3.05) is 26.8 Å². The van der Waals surface area contributed by atoms with Crippen molar-refractivity contribution in [2.24, 2.45) is 0 Å². The molecule has 104 valence electrons. The van der Waals surface area contributed by atoms with E-state index in [-0.39, 0.29) is 0 Å². The van der Waals surface area contributed by atoms with E-state index in [0.29, 0.717) is 18.1 Å². The molecule has 0 saturated carbocycles. The summed E-state index contributed by atoms with van der Waals surface area (Å²) in [6.07, 6.45) is 2.39. The molecule has 0 aliphatic heterocycles. The van der Waals surface area contributed by atoms with Crippen molar-refractivity contribution in [3.63, 3.8) is 0 Å². The first-order chi connectivity index (χ1) is 8.06. The number of rotatable bonds is 10. The summed E-state index contributed by atoms with van der Waals surface area (Å²) in [4.78, 5) is 2.57. The monoisotopic (exact) mass is 244 g/mol. The van der Waals surface area contributed by atoms with Crippen LogP contribution in [-0.2, 0) is 4.74 Å². The fourth-order valence-electron chi connectivity index (χ4n) is 2.39. The van der Waals surface area contributed by atoms with Gasteiger partial charge in [0.25, 0.3) is 0 Å². The molecule has 0 amide bonds. The Kier molecular flexibility index (Phi) is 9.79. The van der Waals surface area contributed by atoms with Crippen LogP contribution in [0.5, 0.6) is 0 Å². The average Bonchev–Trinajstić information content (AvgIpc) is 2.29. The van der Waals surface area contributed by atoms with Gasteiger partial charge in [0.2, 0.25) is 0 Å². The van der Waals surface area contributed by atoms with Crippen LogP contribution in [0.15, 0.2) is 0 Å². The van der Waals surface area contributed by atoms with E-state index in [9.17, 15) is 0 Å². The van der Waals surface area contributed by atoms with Crippen LogP contribution in [-0.4, -0.2) is 49.8 Å². The molecule has 1 N–H and O–H groups in total. The van der Waals surface area contributed by atoms with Gasteiger partial charge < -0.3 is 10.1 Å². The van der Waals surface area contributed by atoms with E-state index in [1.54, 1.807) is 7.11 Å². The molecule has 0 rings (SSSR count). The number of nitrogens with one attached hydrogen (secondary N) is 1. The zero-order valence-electron chi connectivity index (χ0n) is 12.6. The van der Waals surface area contributed by atoms with Gasteiger partial charge in [-0.15, -0.1) is 0 Å². The van der Waals surface area contributed by atoms with Crippen LogP contribution >= 0.6 is 0 Å². The van der Waals surface area contributed by atoms with Gasteiger partial charge in [0.15, 0.2) is 0 Å². The van der Waals surface area contributed by atoms with Crippen LogP contribution in [0.25, 0.3) is 0 Å². The molecule has 3 heteroatoms. The average molecular weight is 244 g/mol. The maximum atomic E-state index is 5.21. The van der Waals surface area contributed by atoms with E-state index in [1.807, 2.05) is 0 Å². The number of ether oxygens (including phenoxy) is 1. The highest BCUT2D eigenvalue weighted by molar-refractivity contribution is 4.76. The molecule has 0 bridgehead atoms. The Morgan fingerprint density at radius 1 is 1.12 bits per heavy atom. The minimum Gasteiger partial charge on any atom is -0.383 e. The summed E-state index contributed by atoms with van der Waals surface area (Å²) in [6, 6.07) is 1.83. The van der Waals surface area contributed by atoms with E-state index < -0.39 is 0 Å². The Labute approximate surface area is 108 Å². The van der Waals surface area contributed by atoms with Gasteiger partial charge in [-0.05, 0) is 40.2 Å². The van der Waals surface area contributed by atoms with Gasteiger partial charge in [-0.3, -0.25) is 4.90 Å². The predicted molar refractivity (Wildman–Crippen MR) is 75.6 cm³/mol.